The number of hydrogen-bond acceptors (Lipinski definition) is 6. The minimum absolute atomic E-state index is 0.180. The van der Waals surface area contributed by atoms with Crippen LogP contribution in [0.3, 0.4) is 0 Å². The van der Waals surface area contributed by atoms with E-state index in [0.717, 1.165) is 79.7 Å². The monoisotopic (exact) mass is 633 g/mol. The highest BCUT2D eigenvalue weighted by molar-refractivity contribution is 7.87. The van der Waals surface area contributed by atoms with E-state index < -0.39 is 20.2 Å². The molecule has 0 amide bonds. The van der Waals surface area contributed by atoms with Crippen LogP contribution in [-0.2, 0) is 33.1 Å². The van der Waals surface area contributed by atoms with Crippen molar-refractivity contribution in [2.75, 3.05) is 0 Å². The van der Waals surface area contributed by atoms with Gasteiger partial charge in [0.25, 0.3) is 0 Å². The minimum Gasteiger partial charge on any atom is -0.744 e. The molecule has 0 heterocycles. The smallest absolute Gasteiger partial charge is 0.339 e. The molecule has 4 saturated carbocycles. The molecule has 0 aromatic heterocycles. The molecular weight excluding hydrogens is 593 g/mol. The lowest BCUT2D eigenvalue weighted by molar-refractivity contribution is 0.400. The molecule has 4 bridgehead atoms. The van der Waals surface area contributed by atoms with Crippen molar-refractivity contribution in [3.05, 3.63) is 64.7 Å². The largest absolute Gasteiger partial charge is 0.744 e. The van der Waals surface area contributed by atoms with Crippen LogP contribution in [0.4, 0.5) is 0 Å². The zero-order valence-electron chi connectivity index (χ0n) is 25.2. The summed E-state index contributed by atoms with van der Waals surface area (Å²) in [5.74, 6) is 2.82. The maximum atomic E-state index is 14.9. The Morgan fingerprint density at radius 2 is 1.36 bits per heavy atom. The zero-order chi connectivity index (χ0) is 30.2. The highest BCUT2D eigenvalue weighted by Crippen LogP contribution is 2.59. The van der Waals surface area contributed by atoms with E-state index in [-0.39, 0.29) is 22.5 Å². The molecule has 8 heteroatoms. The van der Waals surface area contributed by atoms with Gasteiger partial charge in [0.2, 0.25) is 0 Å². The highest BCUT2D eigenvalue weighted by atomic mass is 32.2. The second-order valence-corrected chi connectivity index (χ2v) is 17.2. The second kappa shape index (κ2) is 10.8. The van der Waals surface area contributed by atoms with Crippen LogP contribution in [0.5, 0.6) is 5.75 Å². The Hall–Kier alpha value is -2.42. The minimum atomic E-state index is -4.71. The molecule has 6 atom stereocenters. The standard InChI is InChI=1S/C36H42O6S2/c37-43(38,39)34-16-15-33(28-9-3-1-2-4-10-29(28)34)42-44(40,41)36-32(30-19-22-11-13-25(30)17-22)21-24-7-5-6-8-27(24)35(36)31-20-23-12-14-26(31)18-23/h5-8,15-16,21-23,25-26,30-31H,1-4,9-14,17-20H2,(H,37,38,39)/p-1. The summed E-state index contributed by atoms with van der Waals surface area (Å²) in [4.78, 5) is 0.140. The van der Waals surface area contributed by atoms with Crippen molar-refractivity contribution in [3.8, 4) is 5.75 Å². The Balaban J connectivity index is 1.33. The molecule has 6 nitrogen and oxygen atoms in total. The number of hydrogen-bond donors (Lipinski definition) is 0. The van der Waals surface area contributed by atoms with Gasteiger partial charge >= 0.3 is 10.1 Å². The average Bonchev–Trinajstić information content (AvgIpc) is 3.79. The number of fused-ring (bicyclic) bond motifs is 6. The maximum absolute atomic E-state index is 14.9. The predicted octanol–water partition coefficient (Wildman–Crippen LogP) is 7.98. The van der Waals surface area contributed by atoms with Gasteiger partial charge in [0, 0.05) is 5.56 Å². The van der Waals surface area contributed by atoms with Gasteiger partial charge in [0.15, 0.2) is 0 Å². The van der Waals surface area contributed by atoms with Gasteiger partial charge in [0.05, 0.1) is 4.90 Å². The quantitative estimate of drug-likeness (QED) is 0.202. The first-order chi connectivity index (χ1) is 21.2. The molecule has 0 radical (unpaired) electrons. The van der Waals surface area contributed by atoms with Gasteiger partial charge in [-0.3, -0.25) is 0 Å². The maximum Gasteiger partial charge on any atom is 0.339 e. The molecule has 5 aliphatic rings. The molecule has 234 valence electrons. The average molecular weight is 634 g/mol. The van der Waals surface area contributed by atoms with Crippen LogP contribution in [0.25, 0.3) is 10.8 Å². The SMILES string of the molecule is O=S(=O)([O-])c1ccc(OS(=O)(=O)c2c(C3CC4CCC3C4)cc3ccccc3c2C2CC3CCC2C3)c2c1CCCCCC2. The van der Waals surface area contributed by atoms with Gasteiger partial charge in [0.1, 0.15) is 20.8 Å². The lowest BCUT2D eigenvalue weighted by atomic mass is 9.77. The summed E-state index contributed by atoms with van der Waals surface area (Å²) >= 11 is 0. The van der Waals surface area contributed by atoms with Crippen molar-refractivity contribution in [1.82, 2.24) is 0 Å². The summed E-state index contributed by atoms with van der Waals surface area (Å²) in [5, 5.41) is 2.12. The summed E-state index contributed by atoms with van der Waals surface area (Å²) in [6.45, 7) is 0. The Morgan fingerprint density at radius 1 is 0.705 bits per heavy atom. The normalized spacial score (nSPS) is 29.9. The molecule has 6 unspecified atom stereocenters. The van der Waals surface area contributed by atoms with E-state index in [9.17, 15) is 21.4 Å². The Labute approximate surface area is 261 Å². The second-order valence-electron chi connectivity index (χ2n) is 14.4. The van der Waals surface area contributed by atoms with Crippen molar-refractivity contribution >= 4 is 31.0 Å². The van der Waals surface area contributed by atoms with Crippen molar-refractivity contribution in [2.24, 2.45) is 23.7 Å². The molecule has 4 fully saturated rings. The van der Waals surface area contributed by atoms with Gasteiger partial charge in [-0.25, -0.2) is 8.42 Å². The fraction of sp³-hybridized carbons (Fsp3) is 0.556. The van der Waals surface area contributed by atoms with Crippen molar-refractivity contribution in [2.45, 2.75) is 112 Å². The van der Waals surface area contributed by atoms with Crippen LogP contribution < -0.4 is 4.18 Å². The summed E-state index contributed by atoms with van der Waals surface area (Å²) in [7, 11) is -9.01. The Morgan fingerprint density at radius 3 is 2.00 bits per heavy atom. The van der Waals surface area contributed by atoms with Crippen LogP contribution in [0.2, 0.25) is 0 Å². The molecule has 3 aromatic carbocycles. The van der Waals surface area contributed by atoms with Crippen molar-refractivity contribution in [1.29, 1.82) is 0 Å². The molecular formula is C36H41O6S2-. The first-order valence-corrected chi connectivity index (χ1v) is 19.6. The Kier molecular flexibility index (Phi) is 7.15. The van der Waals surface area contributed by atoms with Gasteiger partial charge < -0.3 is 8.74 Å². The molecule has 0 spiro atoms. The van der Waals surface area contributed by atoms with Crippen LogP contribution in [0.1, 0.15) is 111 Å². The first-order valence-electron chi connectivity index (χ1n) is 16.8. The Bertz CT molecular complexity index is 1850. The summed E-state index contributed by atoms with van der Waals surface area (Å²) in [5.41, 5.74) is 2.88. The van der Waals surface area contributed by atoms with Crippen LogP contribution in [-0.4, -0.2) is 21.4 Å². The molecule has 5 aliphatic carbocycles. The van der Waals surface area contributed by atoms with E-state index in [1.54, 1.807) is 0 Å². The predicted molar refractivity (Wildman–Crippen MR) is 168 cm³/mol. The van der Waals surface area contributed by atoms with E-state index in [1.807, 2.05) is 12.1 Å². The van der Waals surface area contributed by atoms with Gasteiger partial charge in [-0.2, -0.15) is 8.42 Å². The fourth-order valence-corrected chi connectivity index (χ4v) is 12.4. The summed E-state index contributed by atoms with van der Waals surface area (Å²) in [6.07, 6.45) is 13.5. The van der Waals surface area contributed by atoms with E-state index >= 15 is 0 Å². The van der Waals surface area contributed by atoms with E-state index in [2.05, 4.69) is 18.2 Å². The third-order valence-electron chi connectivity index (χ3n) is 12.0. The molecule has 3 aromatic rings. The topological polar surface area (TPSA) is 101 Å². The van der Waals surface area contributed by atoms with E-state index in [4.69, 9.17) is 4.18 Å². The molecule has 44 heavy (non-hydrogen) atoms. The van der Waals surface area contributed by atoms with Gasteiger partial charge in [-0.05, 0) is 145 Å². The molecule has 0 N–H and O–H groups in total. The van der Waals surface area contributed by atoms with E-state index in [1.165, 1.54) is 31.4 Å². The summed E-state index contributed by atoms with van der Waals surface area (Å²) < 4.78 is 72.8. The first kappa shape index (κ1) is 29.0. The van der Waals surface area contributed by atoms with Crippen molar-refractivity contribution in [3.63, 3.8) is 0 Å². The summed E-state index contributed by atoms with van der Waals surface area (Å²) in [6, 6.07) is 13.1. The lowest BCUT2D eigenvalue weighted by Crippen LogP contribution is -2.22. The van der Waals surface area contributed by atoms with Crippen LogP contribution >= 0.6 is 0 Å². The van der Waals surface area contributed by atoms with E-state index in [0.29, 0.717) is 52.5 Å². The van der Waals surface area contributed by atoms with Crippen molar-refractivity contribution < 1.29 is 25.6 Å². The molecule has 8 rings (SSSR count). The van der Waals surface area contributed by atoms with Gasteiger partial charge in [-0.15, -0.1) is 0 Å². The van der Waals surface area contributed by atoms with Crippen LogP contribution in [0, 0.1) is 23.7 Å². The number of benzene rings is 3. The third-order valence-corrected chi connectivity index (χ3v) is 14.3. The highest BCUT2D eigenvalue weighted by Gasteiger charge is 2.47. The molecule has 0 aliphatic heterocycles. The number of rotatable bonds is 6. The van der Waals surface area contributed by atoms with Crippen LogP contribution in [0.15, 0.2) is 52.3 Å². The zero-order valence-corrected chi connectivity index (χ0v) is 26.8. The lowest BCUT2D eigenvalue weighted by Gasteiger charge is -2.31. The molecule has 0 saturated heterocycles. The third kappa shape index (κ3) is 4.91. The van der Waals surface area contributed by atoms with Gasteiger partial charge in [-0.1, -0.05) is 49.9 Å². The fourth-order valence-electron chi connectivity index (χ4n) is 10.2.